The molecule has 0 saturated heterocycles. The third kappa shape index (κ3) is 5.04. The first-order valence-electron chi connectivity index (χ1n) is 7.45. The van der Waals surface area contributed by atoms with Gasteiger partial charge in [0.15, 0.2) is 0 Å². The van der Waals surface area contributed by atoms with Crippen molar-refractivity contribution in [2.24, 2.45) is 0 Å². The standard InChI is InChI=1S/C18H19Cl3N2O/c1-11-5-4-6-14(9-11)16(24)23-17(18(19,20)21)22-15-10-12(2)7-8-13(15)3/h4-10,17,22H,1-3H3,(H,23,24). The molecule has 24 heavy (non-hydrogen) atoms. The molecule has 0 aliphatic heterocycles. The summed E-state index contributed by atoms with van der Waals surface area (Å²) in [6.45, 7) is 5.83. The van der Waals surface area contributed by atoms with Crippen LogP contribution >= 0.6 is 34.8 Å². The third-order valence-electron chi connectivity index (χ3n) is 3.58. The Morgan fingerprint density at radius 2 is 1.67 bits per heavy atom. The minimum Gasteiger partial charge on any atom is -0.362 e. The molecule has 0 aliphatic rings. The Labute approximate surface area is 157 Å². The molecule has 0 spiro atoms. The van der Waals surface area contributed by atoms with E-state index in [9.17, 15) is 4.79 Å². The van der Waals surface area contributed by atoms with Crippen LogP contribution in [0.1, 0.15) is 27.0 Å². The quantitative estimate of drug-likeness (QED) is 0.564. The fraction of sp³-hybridized carbons (Fsp3) is 0.278. The minimum atomic E-state index is -1.71. The molecule has 0 aromatic heterocycles. The van der Waals surface area contributed by atoms with Crippen LogP contribution < -0.4 is 10.6 Å². The lowest BCUT2D eigenvalue weighted by molar-refractivity contribution is 0.0941. The molecule has 0 fully saturated rings. The van der Waals surface area contributed by atoms with Gasteiger partial charge in [0.25, 0.3) is 5.91 Å². The topological polar surface area (TPSA) is 41.1 Å². The summed E-state index contributed by atoms with van der Waals surface area (Å²) < 4.78 is -1.71. The number of nitrogens with one attached hydrogen (secondary N) is 2. The van der Waals surface area contributed by atoms with Crippen molar-refractivity contribution in [1.29, 1.82) is 0 Å². The lowest BCUT2D eigenvalue weighted by atomic mass is 10.1. The van der Waals surface area contributed by atoms with E-state index in [4.69, 9.17) is 34.8 Å². The Balaban J connectivity index is 2.23. The normalized spacial score (nSPS) is 12.6. The van der Waals surface area contributed by atoms with Gasteiger partial charge in [-0.25, -0.2) is 0 Å². The first-order chi connectivity index (χ1) is 11.2. The molecular formula is C18H19Cl3N2O. The number of benzene rings is 2. The summed E-state index contributed by atoms with van der Waals surface area (Å²) in [5.74, 6) is -0.312. The number of carbonyl (C=O) groups is 1. The van der Waals surface area contributed by atoms with Gasteiger partial charge in [-0.1, -0.05) is 64.6 Å². The first kappa shape index (κ1) is 18.9. The van der Waals surface area contributed by atoms with E-state index in [1.54, 1.807) is 12.1 Å². The van der Waals surface area contributed by atoms with E-state index < -0.39 is 9.96 Å². The lowest BCUT2D eigenvalue weighted by Gasteiger charge is -2.28. The van der Waals surface area contributed by atoms with Crippen LogP contribution in [0.15, 0.2) is 42.5 Å². The minimum absolute atomic E-state index is 0.312. The van der Waals surface area contributed by atoms with Crippen molar-refractivity contribution in [3.63, 3.8) is 0 Å². The average Bonchev–Trinajstić information content (AvgIpc) is 2.49. The highest BCUT2D eigenvalue weighted by molar-refractivity contribution is 6.68. The second-order valence-electron chi connectivity index (χ2n) is 5.78. The molecule has 6 heteroatoms. The van der Waals surface area contributed by atoms with E-state index in [2.05, 4.69) is 10.6 Å². The Morgan fingerprint density at radius 3 is 2.29 bits per heavy atom. The molecule has 1 unspecified atom stereocenters. The second kappa shape index (κ2) is 7.64. The van der Waals surface area contributed by atoms with Crippen LogP contribution in [-0.4, -0.2) is 15.9 Å². The number of hydrogen-bond donors (Lipinski definition) is 2. The van der Waals surface area contributed by atoms with Crippen molar-refractivity contribution in [2.45, 2.75) is 30.7 Å². The summed E-state index contributed by atoms with van der Waals surface area (Å²) >= 11 is 18.2. The maximum atomic E-state index is 12.5. The van der Waals surface area contributed by atoms with Gasteiger partial charge < -0.3 is 10.6 Å². The number of rotatable bonds is 4. The van der Waals surface area contributed by atoms with Crippen molar-refractivity contribution in [1.82, 2.24) is 5.32 Å². The van der Waals surface area contributed by atoms with Gasteiger partial charge in [-0.15, -0.1) is 0 Å². The van der Waals surface area contributed by atoms with Crippen molar-refractivity contribution < 1.29 is 4.79 Å². The maximum absolute atomic E-state index is 12.5. The molecule has 3 nitrogen and oxygen atoms in total. The molecule has 2 aromatic rings. The van der Waals surface area contributed by atoms with Crippen molar-refractivity contribution >= 4 is 46.4 Å². The highest BCUT2D eigenvalue weighted by Crippen LogP contribution is 2.32. The summed E-state index contributed by atoms with van der Waals surface area (Å²) in [4.78, 5) is 12.5. The Bertz CT molecular complexity index is 741. The summed E-state index contributed by atoms with van der Waals surface area (Å²) in [6.07, 6.45) is -0.879. The summed E-state index contributed by atoms with van der Waals surface area (Å²) in [5.41, 5.74) is 4.35. The largest absolute Gasteiger partial charge is 0.362 e. The monoisotopic (exact) mass is 384 g/mol. The Kier molecular flexibility index (Phi) is 6.02. The zero-order chi connectivity index (χ0) is 17.9. The summed E-state index contributed by atoms with van der Waals surface area (Å²) in [6, 6.07) is 13.1. The van der Waals surface area contributed by atoms with Crippen LogP contribution in [0.2, 0.25) is 0 Å². The van der Waals surface area contributed by atoms with Crippen molar-refractivity contribution in [3.8, 4) is 0 Å². The summed E-state index contributed by atoms with van der Waals surface area (Å²) in [7, 11) is 0. The van der Waals surface area contributed by atoms with Crippen LogP contribution in [0.25, 0.3) is 0 Å². The molecule has 0 aliphatic carbocycles. The number of anilines is 1. The van der Waals surface area contributed by atoms with Crippen LogP contribution in [0, 0.1) is 20.8 Å². The van der Waals surface area contributed by atoms with E-state index >= 15 is 0 Å². The van der Waals surface area contributed by atoms with E-state index in [1.807, 2.05) is 51.1 Å². The highest BCUT2D eigenvalue weighted by atomic mass is 35.6. The molecular weight excluding hydrogens is 367 g/mol. The van der Waals surface area contributed by atoms with Crippen molar-refractivity contribution in [2.75, 3.05) is 5.32 Å². The molecule has 0 heterocycles. The van der Waals surface area contributed by atoms with E-state index in [-0.39, 0.29) is 5.91 Å². The number of aryl methyl sites for hydroxylation is 3. The van der Waals surface area contributed by atoms with Gasteiger partial charge in [0.2, 0.25) is 3.79 Å². The Hall–Kier alpha value is -1.42. The molecule has 0 radical (unpaired) electrons. The number of hydrogen-bond acceptors (Lipinski definition) is 2. The molecule has 2 aromatic carbocycles. The molecule has 128 valence electrons. The van der Waals surface area contributed by atoms with Crippen LogP contribution in [0.3, 0.4) is 0 Å². The van der Waals surface area contributed by atoms with Gasteiger partial charge >= 0.3 is 0 Å². The highest BCUT2D eigenvalue weighted by Gasteiger charge is 2.34. The molecule has 2 N–H and O–H groups in total. The zero-order valence-corrected chi connectivity index (χ0v) is 15.9. The van der Waals surface area contributed by atoms with Gasteiger partial charge in [-0.2, -0.15) is 0 Å². The predicted octanol–water partition coefficient (Wildman–Crippen LogP) is 5.15. The molecule has 0 bridgehead atoms. The second-order valence-corrected chi connectivity index (χ2v) is 8.15. The lowest BCUT2D eigenvalue weighted by Crippen LogP contribution is -2.49. The SMILES string of the molecule is Cc1cccc(C(=O)NC(Nc2cc(C)ccc2C)C(Cl)(Cl)Cl)c1. The molecule has 0 saturated carbocycles. The Morgan fingerprint density at radius 1 is 1.00 bits per heavy atom. The third-order valence-corrected chi connectivity index (χ3v) is 4.23. The zero-order valence-electron chi connectivity index (χ0n) is 13.7. The van der Waals surface area contributed by atoms with E-state index in [0.29, 0.717) is 5.56 Å². The average molecular weight is 386 g/mol. The van der Waals surface area contributed by atoms with E-state index in [0.717, 1.165) is 22.4 Å². The van der Waals surface area contributed by atoms with Gasteiger partial charge in [-0.3, -0.25) is 4.79 Å². The number of halogens is 3. The predicted molar refractivity (Wildman–Crippen MR) is 102 cm³/mol. The number of amides is 1. The molecule has 1 atom stereocenters. The van der Waals surface area contributed by atoms with Gasteiger partial charge in [0.05, 0.1) is 0 Å². The first-order valence-corrected chi connectivity index (χ1v) is 8.58. The number of carbonyl (C=O) groups excluding carboxylic acids is 1. The summed E-state index contributed by atoms with van der Waals surface area (Å²) in [5, 5.41) is 5.87. The number of alkyl halides is 3. The smallest absolute Gasteiger partial charge is 0.252 e. The fourth-order valence-electron chi connectivity index (χ4n) is 2.25. The van der Waals surface area contributed by atoms with E-state index in [1.165, 1.54) is 0 Å². The van der Waals surface area contributed by atoms with Gasteiger partial charge in [0.1, 0.15) is 6.17 Å². The van der Waals surface area contributed by atoms with Gasteiger partial charge in [-0.05, 0) is 50.1 Å². The van der Waals surface area contributed by atoms with Crippen LogP contribution in [-0.2, 0) is 0 Å². The molecule has 2 rings (SSSR count). The molecule has 1 amide bonds. The van der Waals surface area contributed by atoms with Gasteiger partial charge in [0, 0.05) is 11.3 Å². The van der Waals surface area contributed by atoms with Crippen molar-refractivity contribution in [3.05, 3.63) is 64.7 Å². The maximum Gasteiger partial charge on any atom is 0.252 e. The fourth-order valence-corrected chi connectivity index (χ4v) is 2.57. The van der Waals surface area contributed by atoms with Crippen LogP contribution in [0.4, 0.5) is 5.69 Å². The van der Waals surface area contributed by atoms with Crippen LogP contribution in [0.5, 0.6) is 0 Å².